The minimum absolute atomic E-state index is 0.0749. The van der Waals surface area contributed by atoms with E-state index >= 15 is 0 Å². The zero-order valence-electron chi connectivity index (χ0n) is 13.5. The Bertz CT molecular complexity index is 699. The van der Waals surface area contributed by atoms with Gasteiger partial charge < -0.3 is 10.2 Å². The first-order valence-corrected chi connectivity index (χ1v) is 8.04. The van der Waals surface area contributed by atoms with E-state index in [1.165, 1.54) is 0 Å². The molecule has 120 valence electrons. The third-order valence-electron chi connectivity index (χ3n) is 3.89. The van der Waals surface area contributed by atoms with E-state index in [0.717, 1.165) is 48.8 Å². The van der Waals surface area contributed by atoms with Crippen molar-refractivity contribution >= 4 is 11.7 Å². The van der Waals surface area contributed by atoms with E-state index in [2.05, 4.69) is 32.1 Å². The summed E-state index contributed by atoms with van der Waals surface area (Å²) < 4.78 is 0. The van der Waals surface area contributed by atoms with Crippen molar-refractivity contribution in [2.24, 2.45) is 0 Å². The van der Waals surface area contributed by atoms with Gasteiger partial charge in [-0.15, -0.1) is 0 Å². The minimum atomic E-state index is -0.0749. The molecule has 1 aliphatic heterocycles. The van der Waals surface area contributed by atoms with E-state index in [1.54, 1.807) is 6.20 Å². The van der Waals surface area contributed by atoms with Gasteiger partial charge in [0.1, 0.15) is 11.6 Å². The number of fused-ring (bicyclic) bond motifs is 1. The van der Waals surface area contributed by atoms with Crippen LogP contribution in [0, 0.1) is 0 Å². The number of pyridine rings is 1. The molecule has 0 unspecified atom stereocenters. The van der Waals surface area contributed by atoms with E-state index in [9.17, 15) is 4.79 Å². The lowest BCUT2D eigenvalue weighted by molar-refractivity contribution is 0.0953. The SMILES string of the molecule is CCCNC(=O)c1ccc(N2Cc3cnc(CC)nc3C2)nc1. The van der Waals surface area contributed by atoms with Crippen LogP contribution in [0.4, 0.5) is 5.82 Å². The second-order valence-electron chi connectivity index (χ2n) is 5.63. The third-order valence-corrected chi connectivity index (χ3v) is 3.89. The molecule has 0 atom stereocenters. The first kappa shape index (κ1) is 15.4. The summed E-state index contributed by atoms with van der Waals surface area (Å²) in [5.74, 6) is 1.66. The number of aromatic nitrogens is 3. The highest BCUT2D eigenvalue weighted by molar-refractivity contribution is 5.94. The molecule has 0 saturated carbocycles. The summed E-state index contributed by atoms with van der Waals surface area (Å²) in [5, 5.41) is 2.85. The molecule has 0 spiro atoms. The summed E-state index contributed by atoms with van der Waals surface area (Å²) in [5.41, 5.74) is 2.81. The molecular weight excluding hydrogens is 290 g/mol. The molecule has 6 heteroatoms. The first-order valence-electron chi connectivity index (χ1n) is 8.04. The predicted octanol–water partition coefficient (Wildman–Crippen LogP) is 2.09. The van der Waals surface area contributed by atoms with E-state index < -0.39 is 0 Å². The van der Waals surface area contributed by atoms with Gasteiger partial charge in [0, 0.05) is 37.5 Å². The lowest BCUT2D eigenvalue weighted by Gasteiger charge is -2.16. The number of aryl methyl sites for hydroxylation is 1. The van der Waals surface area contributed by atoms with E-state index in [1.807, 2.05) is 25.3 Å². The van der Waals surface area contributed by atoms with Crippen LogP contribution in [0.5, 0.6) is 0 Å². The summed E-state index contributed by atoms with van der Waals surface area (Å²) in [6.45, 7) is 6.26. The Balaban J connectivity index is 1.70. The van der Waals surface area contributed by atoms with Gasteiger partial charge in [0.25, 0.3) is 5.91 Å². The van der Waals surface area contributed by atoms with Crippen molar-refractivity contribution in [2.45, 2.75) is 39.8 Å². The van der Waals surface area contributed by atoms with E-state index in [4.69, 9.17) is 0 Å². The van der Waals surface area contributed by atoms with Gasteiger partial charge in [-0.2, -0.15) is 0 Å². The van der Waals surface area contributed by atoms with Gasteiger partial charge in [-0.3, -0.25) is 4.79 Å². The standard InChI is InChI=1S/C17H21N5O/c1-3-7-18-17(23)12-5-6-16(20-8-12)22-10-13-9-19-15(4-2)21-14(13)11-22/h5-6,8-9H,3-4,7,10-11H2,1-2H3,(H,18,23). The van der Waals surface area contributed by atoms with Crippen molar-refractivity contribution in [1.82, 2.24) is 20.3 Å². The molecule has 6 nitrogen and oxygen atoms in total. The average Bonchev–Trinajstić information content (AvgIpc) is 3.02. The predicted molar refractivity (Wildman–Crippen MR) is 88.2 cm³/mol. The molecule has 2 aromatic heterocycles. The van der Waals surface area contributed by atoms with Gasteiger partial charge in [-0.05, 0) is 18.6 Å². The Hall–Kier alpha value is -2.50. The number of amides is 1. The van der Waals surface area contributed by atoms with Crippen LogP contribution in [0.25, 0.3) is 0 Å². The summed E-state index contributed by atoms with van der Waals surface area (Å²) in [4.78, 5) is 27.4. The van der Waals surface area contributed by atoms with Crippen LogP contribution in [-0.2, 0) is 19.5 Å². The van der Waals surface area contributed by atoms with Crippen molar-refractivity contribution in [3.8, 4) is 0 Å². The van der Waals surface area contributed by atoms with Gasteiger partial charge in [0.15, 0.2) is 0 Å². The average molecular weight is 311 g/mol. The van der Waals surface area contributed by atoms with Crippen molar-refractivity contribution in [3.05, 3.63) is 47.2 Å². The fraction of sp³-hybridized carbons (Fsp3) is 0.412. The van der Waals surface area contributed by atoms with Crippen LogP contribution >= 0.6 is 0 Å². The van der Waals surface area contributed by atoms with Crippen LogP contribution in [0.2, 0.25) is 0 Å². The molecule has 23 heavy (non-hydrogen) atoms. The van der Waals surface area contributed by atoms with Gasteiger partial charge in [-0.1, -0.05) is 13.8 Å². The van der Waals surface area contributed by atoms with Crippen LogP contribution < -0.4 is 10.2 Å². The molecule has 0 radical (unpaired) electrons. The Labute approximate surface area is 136 Å². The second kappa shape index (κ2) is 6.73. The van der Waals surface area contributed by atoms with Crippen LogP contribution in [0.15, 0.2) is 24.5 Å². The fourth-order valence-corrected chi connectivity index (χ4v) is 2.58. The highest BCUT2D eigenvalue weighted by atomic mass is 16.1. The maximum Gasteiger partial charge on any atom is 0.252 e. The van der Waals surface area contributed by atoms with Gasteiger partial charge in [-0.25, -0.2) is 15.0 Å². The van der Waals surface area contributed by atoms with Crippen molar-refractivity contribution in [1.29, 1.82) is 0 Å². The molecule has 0 bridgehead atoms. The number of hydrogen-bond acceptors (Lipinski definition) is 5. The maximum atomic E-state index is 11.9. The molecule has 0 fully saturated rings. The molecule has 3 rings (SSSR count). The summed E-state index contributed by atoms with van der Waals surface area (Å²) >= 11 is 0. The number of carbonyl (C=O) groups is 1. The highest BCUT2D eigenvalue weighted by Gasteiger charge is 2.22. The normalized spacial score (nSPS) is 13.0. The molecule has 0 aliphatic carbocycles. The summed E-state index contributed by atoms with van der Waals surface area (Å²) in [7, 11) is 0. The zero-order valence-corrected chi connectivity index (χ0v) is 13.5. The number of anilines is 1. The van der Waals surface area contributed by atoms with Crippen molar-refractivity contribution < 1.29 is 4.79 Å². The lowest BCUT2D eigenvalue weighted by atomic mass is 10.2. The largest absolute Gasteiger partial charge is 0.352 e. The number of nitrogens with zero attached hydrogens (tertiary/aromatic N) is 4. The molecule has 0 aromatic carbocycles. The molecular formula is C17H21N5O. The first-order chi connectivity index (χ1) is 11.2. The molecule has 1 aliphatic rings. The molecule has 1 N–H and O–H groups in total. The van der Waals surface area contributed by atoms with E-state index in [0.29, 0.717) is 12.1 Å². The molecule has 3 heterocycles. The molecule has 1 amide bonds. The number of carbonyl (C=O) groups excluding carboxylic acids is 1. The monoisotopic (exact) mass is 311 g/mol. The van der Waals surface area contributed by atoms with Gasteiger partial charge in [0.2, 0.25) is 0 Å². The number of nitrogens with one attached hydrogen (secondary N) is 1. The van der Waals surface area contributed by atoms with Gasteiger partial charge in [0.05, 0.1) is 17.8 Å². The quantitative estimate of drug-likeness (QED) is 0.915. The third kappa shape index (κ3) is 3.31. The van der Waals surface area contributed by atoms with Crippen LogP contribution in [-0.4, -0.2) is 27.4 Å². The Morgan fingerprint density at radius 2 is 2.09 bits per heavy atom. The van der Waals surface area contributed by atoms with Crippen molar-refractivity contribution in [3.63, 3.8) is 0 Å². The highest BCUT2D eigenvalue weighted by Crippen LogP contribution is 2.25. The van der Waals surface area contributed by atoms with Crippen molar-refractivity contribution in [2.75, 3.05) is 11.4 Å². The Morgan fingerprint density at radius 3 is 2.78 bits per heavy atom. The Morgan fingerprint density at radius 1 is 1.22 bits per heavy atom. The van der Waals surface area contributed by atoms with Crippen LogP contribution in [0.3, 0.4) is 0 Å². The van der Waals surface area contributed by atoms with Crippen LogP contribution in [0.1, 0.15) is 47.7 Å². The number of hydrogen-bond donors (Lipinski definition) is 1. The molecule has 2 aromatic rings. The smallest absolute Gasteiger partial charge is 0.252 e. The van der Waals surface area contributed by atoms with Gasteiger partial charge >= 0.3 is 0 Å². The van der Waals surface area contributed by atoms with E-state index in [-0.39, 0.29) is 5.91 Å². The molecule has 0 saturated heterocycles. The maximum absolute atomic E-state index is 11.9. The fourth-order valence-electron chi connectivity index (χ4n) is 2.58. The topological polar surface area (TPSA) is 71.0 Å². The Kier molecular flexibility index (Phi) is 4.50. The lowest BCUT2D eigenvalue weighted by Crippen LogP contribution is -2.24. The minimum Gasteiger partial charge on any atom is -0.352 e. The number of rotatable bonds is 5. The summed E-state index contributed by atoms with van der Waals surface area (Å²) in [6.07, 6.45) is 5.30. The second-order valence-corrected chi connectivity index (χ2v) is 5.63. The summed E-state index contributed by atoms with van der Waals surface area (Å²) in [6, 6.07) is 3.71. The zero-order chi connectivity index (χ0) is 16.2.